The van der Waals surface area contributed by atoms with E-state index in [-0.39, 0.29) is 17.6 Å². The van der Waals surface area contributed by atoms with Crippen molar-refractivity contribution < 1.29 is 19.5 Å². The van der Waals surface area contributed by atoms with Gasteiger partial charge in [-0.1, -0.05) is 13.8 Å². The van der Waals surface area contributed by atoms with Crippen LogP contribution in [0.5, 0.6) is 0 Å². The van der Waals surface area contributed by atoms with Gasteiger partial charge in [0.05, 0.1) is 6.04 Å². The highest BCUT2D eigenvalue weighted by molar-refractivity contribution is 7.80. The molecule has 1 saturated heterocycles. The fourth-order valence-electron chi connectivity index (χ4n) is 2.55. The zero-order valence-corrected chi connectivity index (χ0v) is 13.9. The number of likely N-dealkylation sites (tertiary alicyclic amines) is 1. The molecule has 0 aromatic heterocycles. The van der Waals surface area contributed by atoms with Crippen LogP contribution < -0.4 is 11.1 Å². The molecule has 3 atom stereocenters. The molecular formula is C14H25N3O4S. The average molecular weight is 331 g/mol. The Labute approximate surface area is 136 Å². The van der Waals surface area contributed by atoms with Crippen LogP contribution in [-0.2, 0) is 14.4 Å². The number of nitrogens with zero attached hydrogens (tertiary/aromatic N) is 1. The Morgan fingerprint density at radius 3 is 2.55 bits per heavy atom. The van der Waals surface area contributed by atoms with Crippen molar-refractivity contribution in [2.24, 2.45) is 11.7 Å². The zero-order valence-electron chi connectivity index (χ0n) is 13.0. The van der Waals surface area contributed by atoms with Gasteiger partial charge in [0, 0.05) is 12.3 Å². The summed E-state index contributed by atoms with van der Waals surface area (Å²) in [4.78, 5) is 37.1. The molecule has 2 amide bonds. The van der Waals surface area contributed by atoms with Crippen LogP contribution in [-0.4, -0.2) is 58.2 Å². The highest BCUT2D eigenvalue weighted by atomic mass is 32.1. The van der Waals surface area contributed by atoms with E-state index in [2.05, 4.69) is 17.9 Å². The van der Waals surface area contributed by atoms with Gasteiger partial charge in [-0.3, -0.25) is 9.59 Å². The predicted octanol–water partition coefficient (Wildman–Crippen LogP) is -0.150. The van der Waals surface area contributed by atoms with Gasteiger partial charge < -0.3 is 21.1 Å². The highest BCUT2D eigenvalue weighted by Crippen LogP contribution is 2.19. The van der Waals surface area contributed by atoms with Crippen LogP contribution in [0.25, 0.3) is 0 Å². The van der Waals surface area contributed by atoms with Gasteiger partial charge in [-0.2, -0.15) is 12.6 Å². The quantitative estimate of drug-likeness (QED) is 0.485. The SMILES string of the molecule is CC(C)C[C@H](NC(=O)[C@@H]1CCCN1C(=O)[C@@H](N)CS)C(=O)O. The molecule has 0 aromatic carbocycles. The summed E-state index contributed by atoms with van der Waals surface area (Å²) in [5.74, 6) is -1.46. The summed E-state index contributed by atoms with van der Waals surface area (Å²) >= 11 is 4.00. The number of carbonyl (C=O) groups excluding carboxylic acids is 2. The maximum absolute atomic E-state index is 12.3. The van der Waals surface area contributed by atoms with E-state index in [1.54, 1.807) is 0 Å². The molecule has 1 rings (SSSR count). The molecule has 8 heteroatoms. The summed E-state index contributed by atoms with van der Waals surface area (Å²) in [5, 5.41) is 11.7. The molecule has 0 radical (unpaired) electrons. The maximum Gasteiger partial charge on any atom is 0.326 e. The first-order valence-electron chi connectivity index (χ1n) is 7.48. The Morgan fingerprint density at radius 1 is 1.41 bits per heavy atom. The normalized spacial score (nSPS) is 20.8. The number of thiol groups is 1. The van der Waals surface area contributed by atoms with E-state index < -0.39 is 30.0 Å². The number of nitrogens with one attached hydrogen (secondary N) is 1. The van der Waals surface area contributed by atoms with E-state index in [1.165, 1.54) is 4.90 Å². The fraction of sp³-hybridized carbons (Fsp3) is 0.786. The van der Waals surface area contributed by atoms with Crippen LogP contribution in [0.2, 0.25) is 0 Å². The lowest BCUT2D eigenvalue weighted by Gasteiger charge is -2.27. The molecule has 1 aliphatic rings. The third-order valence-corrected chi connectivity index (χ3v) is 4.07. The van der Waals surface area contributed by atoms with Crippen molar-refractivity contribution in [3.8, 4) is 0 Å². The summed E-state index contributed by atoms with van der Waals surface area (Å²) in [6, 6.07) is -2.33. The van der Waals surface area contributed by atoms with E-state index >= 15 is 0 Å². The standard InChI is InChI=1S/C14H25N3O4S/c1-8(2)6-10(14(20)21)16-12(18)11-4-3-5-17(11)13(19)9(15)7-22/h8-11,22H,3-7,15H2,1-2H3,(H,16,18)(H,20,21)/t9-,10-,11-/m0/s1. The van der Waals surface area contributed by atoms with Gasteiger partial charge in [-0.05, 0) is 25.2 Å². The fourth-order valence-corrected chi connectivity index (χ4v) is 2.71. The Kier molecular flexibility index (Phi) is 7.15. The van der Waals surface area contributed by atoms with E-state index in [9.17, 15) is 19.5 Å². The monoisotopic (exact) mass is 331 g/mol. The molecule has 1 fully saturated rings. The lowest BCUT2D eigenvalue weighted by molar-refractivity contribution is -0.144. The topological polar surface area (TPSA) is 113 Å². The number of hydrogen-bond donors (Lipinski definition) is 4. The summed E-state index contributed by atoms with van der Waals surface area (Å²) < 4.78 is 0. The number of hydrogen-bond acceptors (Lipinski definition) is 5. The maximum atomic E-state index is 12.3. The number of carboxylic acids is 1. The van der Waals surface area contributed by atoms with Crippen molar-refractivity contribution in [2.75, 3.05) is 12.3 Å². The van der Waals surface area contributed by atoms with Crippen LogP contribution in [0.3, 0.4) is 0 Å². The lowest BCUT2D eigenvalue weighted by atomic mass is 10.0. The molecule has 1 heterocycles. The van der Waals surface area contributed by atoms with Crippen LogP contribution in [0.1, 0.15) is 33.1 Å². The minimum absolute atomic E-state index is 0.139. The first kappa shape index (κ1) is 18.8. The summed E-state index contributed by atoms with van der Waals surface area (Å²) in [7, 11) is 0. The van der Waals surface area contributed by atoms with Crippen molar-refractivity contribution in [1.29, 1.82) is 0 Å². The molecule has 1 aliphatic heterocycles. The molecule has 0 saturated carbocycles. The predicted molar refractivity (Wildman–Crippen MR) is 85.6 cm³/mol. The Balaban J connectivity index is 2.74. The van der Waals surface area contributed by atoms with Crippen molar-refractivity contribution >= 4 is 30.4 Å². The Bertz CT molecular complexity index is 430. The second-order valence-corrected chi connectivity index (χ2v) is 6.37. The van der Waals surface area contributed by atoms with Crippen molar-refractivity contribution in [3.05, 3.63) is 0 Å². The van der Waals surface area contributed by atoms with Gasteiger partial charge in [0.15, 0.2) is 0 Å². The molecule has 0 spiro atoms. The van der Waals surface area contributed by atoms with Gasteiger partial charge in [0.2, 0.25) is 11.8 Å². The summed E-state index contributed by atoms with van der Waals surface area (Å²) in [5.41, 5.74) is 5.68. The molecule has 4 N–H and O–H groups in total. The van der Waals surface area contributed by atoms with Crippen molar-refractivity contribution in [3.63, 3.8) is 0 Å². The summed E-state index contributed by atoms with van der Waals surface area (Å²) in [6.45, 7) is 4.23. The number of amides is 2. The zero-order chi connectivity index (χ0) is 16.9. The minimum atomic E-state index is -1.06. The molecule has 0 bridgehead atoms. The second kappa shape index (κ2) is 8.38. The van der Waals surface area contributed by atoms with E-state index in [1.807, 2.05) is 13.8 Å². The number of aliphatic carboxylic acids is 1. The molecule has 0 unspecified atom stereocenters. The van der Waals surface area contributed by atoms with Gasteiger partial charge >= 0.3 is 5.97 Å². The largest absolute Gasteiger partial charge is 0.480 e. The van der Waals surface area contributed by atoms with E-state index in [4.69, 9.17) is 5.73 Å². The highest BCUT2D eigenvalue weighted by Gasteiger charge is 2.37. The van der Waals surface area contributed by atoms with E-state index in [0.29, 0.717) is 25.8 Å². The molecular weight excluding hydrogens is 306 g/mol. The van der Waals surface area contributed by atoms with Gasteiger partial charge in [0.25, 0.3) is 0 Å². The number of carboxylic acid groups (broad SMARTS) is 1. The van der Waals surface area contributed by atoms with Crippen molar-refractivity contribution in [1.82, 2.24) is 10.2 Å². The van der Waals surface area contributed by atoms with Crippen LogP contribution >= 0.6 is 12.6 Å². The Morgan fingerprint density at radius 2 is 2.05 bits per heavy atom. The summed E-state index contributed by atoms with van der Waals surface area (Å²) in [6.07, 6.45) is 1.56. The number of rotatable bonds is 7. The van der Waals surface area contributed by atoms with Gasteiger partial charge in [-0.25, -0.2) is 4.79 Å². The lowest BCUT2D eigenvalue weighted by Crippen LogP contribution is -2.54. The van der Waals surface area contributed by atoms with E-state index in [0.717, 1.165) is 0 Å². The minimum Gasteiger partial charge on any atom is -0.480 e. The first-order chi connectivity index (χ1) is 10.3. The van der Waals surface area contributed by atoms with Crippen LogP contribution in [0, 0.1) is 5.92 Å². The van der Waals surface area contributed by atoms with Gasteiger partial charge in [0.1, 0.15) is 12.1 Å². The second-order valence-electron chi connectivity index (χ2n) is 6.01. The van der Waals surface area contributed by atoms with Gasteiger partial charge in [-0.15, -0.1) is 0 Å². The van der Waals surface area contributed by atoms with Crippen molar-refractivity contribution in [2.45, 2.75) is 51.2 Å². The number of nitrogens with two attached hydrogens (primary N) is 1. The van der Waals surface area contributed by atoms with Crippen LogP contribution in [0.15, 0.2) is 0 Å². The third kappa shape index (κ3) is 4.88. The molecule has 7 nitrogen and oxygen atoms in total. The first-order valence-corrected chi connectivity index (χ1v) is 8.11. The number of carbonyl (C=O) groups is 3. The molecule has 0 aliphatic carbocycles. The molecule has 0 aromatic rings. The molecule has 22 heavy (non-hydrogen) atoms. The Hall–Kier alpha value is -1.28. The average Bonchev–Trinajstić information content (AvgIpc) is 2.93. The smallest absolute Gasteiger partial charge is 0.326 e. The third-order valence-electron chi connectivity index (χ3n) is 3.67. The van der Waals surface area contributed by atoms with Crippen LogP contribution in [0.4, 0.5) is 0 Å². The molecule has 126 valence electrons.